The molecule has 0 amide bonds. The summed E-state index contributed by atoms with van der Waals surface area (Å²) in [6, 6.07) is 6.91. The van der Waals surface area contributed by atoms with Crippen LogP contribution in [0.25, 0.3) is 0 Å². The van der Waals surface area contributed by atoms with Gasteiger partial charge >= 0.3 is 5.97 Å². The Bertz CT molecular complexity index is 474. The third-order valence-corrected chi connectivity index (χ3v) is 2.39. The molecule has 0 saturated carbocycles. The van der Waals surface area contributed by atoms with Gasteiger partial charge in [-0.3, -0.25) is 4.79 Å². The van der Waals surface area contributed by atoms with E-state index in [2.05, 4.69) is 4.74 Å². The van der Waals surface area contributed by atoms with E-state index in [0.29, 0.717) is 16.9 Å². The summed E-state index contributed by atoms with van der Waals surface area (Å²) in [5, 5.41) is 0. The number of carbonyl (C=O) groups excluding carboxylic acids is 2. The lowest BCUT2D eigenvalue weighted by Gasteiger charge is -2.05. The first-order valence-corrected chi connectivity index (χ1v) is 5.53. The topological polar surface area (TPSA) is 52.6 Å². The van der Waals surface area contributed by atoms with E-state index in [9.17, 15) is 9.59 Å². The van der Waals surface area contributed by atoms with Crippen LogP contribution in [0.5, 0.6) is 5.75 Å². The van der Waals surface area contributed by atoms with Gasteiger partial charge in [0, 0.05) is 11.1 Å². The van der Waals surface area contributed by atoms with Gasteiger partial charge in [0.15, 0.2) is 5.78 Å². The molecule has 0 aliphatic heterocycles. The minimum atomic E-state index is -0.379. The van der Waals surface area contributed by atoms with Crippen molar-refractivity contribution in [3.63, 3.8) is 0 Å². The number of Topliss-reactive ketones (excluding diaryl/α,β-unsaturated/α-hetero) is 1. The molecule has 0 bridgehead atoms. The molecule has 0 heterocycles. The Kier molecular flexibility index (Phi) is 5.11. The number of benzene rings is 1. The van der Waals surface area contributed by atoms with Crippen molar-refractivity contribution in [1.82, 2.24) is 0 Å². The molecule has 4 nitrogen and oxygen atoms in total. The predicted molar refractivity (Wildman–Crippen MR) is 67.7 cm³/mol. The molecule has 0 N–H and O–H groups in total. The number of methoxy groups -OCH3 is 1. The fourth-order valence-electron chi connectivity index (χ4n) is 1.31. The van der Waals surface area contributed by atoms with Gasteiger partial charge in [0.05, 0.1) is 7.11 Å². The quantitative estimate of drug-likeness (QED) is 0.456. The maximum absolute atomic E-state index is 11.2. The van der Waals surface area contributed by atoms with Crippen LogP contribution >= 0.6 is 0 Å². The number of carbonyl (C=O) groups is 2. The molecular formula is C14H16O4. The lowest BCUT2D eigenvalue weighted by molar-refractivity contribution is -0.136. The fraction of sp³-hybridized carbons (Fsp3) is 0.286. The van der Waals surface area contributed by atoms with Gasteiger partial charge in [-0.2, -0.15) is 0 Å². The van der Waals surface area contributed by atoms with Crippen LogP contribution in [0.3, 0.4) is 0 Å². The van der Waals surface area contributed by atoms with Crippen LogP contribution < -0.4 is 4.74 Å². The van der Waals surface area contributed by atoms with E-state index in [1.807, 2.05) is 0 Å². The first kappa shape index (κ1) is 14.0. The number of hydrogen-bond donors (Lipinski definition) is 0. The number of rotatable bonds is 5. The number of ether oxygens (including phenoxy) is 2. The Morgan fingerprint density at radius 1 is 1.28 bits per heavy atom. The highest BCUT2D eigenvalue weighted by Crippen LogP contribution is 2.13. The van der Waals surface area contributed by atoms with Crippen molar-refractivity contribution in [3.05, 3.63) is 41.5 Å². The normalized spacial score (nSPS) is 10.9. The lowest BCUT2D eigenvalue weighted by atomic mass is 10.1. The van der Waals surface area contributed by atoms with Gasteiger partial charge in [-0.05, 0) is 32.1 Å². The molecule has 96 valence electrons. The van der Waals surface area contributed by atoms with Gasteiger partial charge in [0.25, 0.3) is 0 Å². The predicted octanol–water partition coefficient (Wildman–Crippen LogP) is 2.39. The van der Waals surface area contributed by atoms with Crippen LogP contribution in [0.1, 0.15) is 24.2 Å². The Labute approximate surface area is 106 Å². The van der Waals surface area contributed by atoms with E-state index >= 15 is 0 Å². The molecule has 1 aromatic carbocycles. The zero-order valence-electron chi connectivity index (χ0n) is 10.7. The highest BCUT2D eigenvalue weighted by atomic mass is 16.5. The van der Waals surface area contributed by atoms with Gasteiger partial charge in [0.2, 0.25) is 0 Å². The third-order valence-electron chi connectivity index (χ3n) is 2.39. The van der Waals surface area contributed by atoms with Crippen molar-refractivity contribution in [1.29, 1.82) is 0 Å². The highest BCUT2D eigenvalue weighted by Gasteiger charge is 2.03. The summed E-state index contributed by atoms with van der Waals surface area (Å²) >= 11 is 0. The molecule has 18 heavy (non-hydrogen) atoms. The van der Waals surface area contributed by atoms with Crippen LogP contribution in [0.15, 0.2) is 35.9 Å². The van der Waals surface area contributed by atoms with Crippen LogP contribution in [-0.4, -0.2) is 25.5 Å². The van der Waals surface area contributed by atoms with Crippen molar-refractivity contribution in [2.24, 2.45) is 0 Å². The third kappa shape index (κ3) is 4.05. The SMILES string of the molecule is COC(=O)C(C)=CCOc1cccc(C(C)=O)c1. The minimum Gasteiger partial charge on any atom is -0.489 e. The first-order valence-electron chi connectivity index (χ1n) is 5.53. The lowest BCUT2D eigenvalue weighted by Crippen LogP contribution is -2.04. The molecule has 0 radical (unpaired) electrons. The van der Waals surface area contributed by atoms with Crippen LogP contribution in [0.2, 0.25) is 0 Å². The number of esters is 1. The van der Waals surface area contributed by atoms with Crippen LogP contribution in [-0.2, 0) is 9.53 Å². The second-order valence-corrected chi connectivity index (χ2v) is 3.77. The molecule has 0 fully saturated rings. The number of ketones is 1. The molecule has 0 aliphatic carbocycles. The molecule has 0 spiro atoms. The molecular weight excluding hydrogens is 232 g/mol. The molecule has 1 rings (SSSR count). The van der Waals surface area contributed by atoms with Gasteiger partial charge in [0.1, 0.15) is 12.4 Å². The largest absolute Gasteiger partial charge is 0.489 e. The Morgan fingerprint density at radius 3 is 2.61 bits per heavy atom. The molecule has 0 aromatic heterocycles. The fourth-order valence-corrected chi connectivity index (χ4v) is 1.31. The van der Waals surface area contributed by atoms with E-state index in [1.54, 1.807) is 37.3 Å². The van der Waals surface area contributed by atoms with Gasteiger partial charge < -0.3 is 9.47 Å². The Balaban J connectivity index is 2.61. The molecule has 0 atom stereocenters. The highest BCUT2D eigenvalue weighted by molar-refractivity contribution is 5.94. The Morgan fingerprint density at radius 2 is 2.00 bits per heavy atom. The standard InChI is InChI=1S/C14H16O4/c1-10(14(16)17-3)7-8-18-13-6-4-5-12(9-13)11(2)15/h4-7,9H,8H2,1-3H3. The van der Waals surface area contributed by atoms with Crippen LogP contribution in [0, 0.1) is 0 Å². The Hall–Kier alpha value is -2.10. The van der Waals surface area contributed by atoms with Crippen molar-refractivity contribution in [3.8, 4) is 5.75 Å². The van der Waals surface area contributed by atoms with Crippen molar-refractivity contribution < 1.29 is 19.1 Å². The summed E-state index contributed by atoms with van der Waals surface area (Å²) in [7, 11) is 1.33. The monoisotopic (exact) mass is 248 g/mol. The summed E-state index contributed by atoms with van der Waals surface area (Å²) in [5.74, 6) is 0.203. The minimum absolute atomic E-state index is 0.0123. The van der Waals surface area contributed by atoms with Crippen molar-refractivity contribution in [2.45, 2.75) is 13.8 Å². The molecule has 4 heteroatoms. The summed E-state index contributed by atoms with van der Waals surface area (Å²) in [6.45, 7) is 3.41. The molecule has 0 saturated heterocycles. The zero-order chi connectivity index (χ0) is 13.5. The summed E-state index contributed by atoms with van der Waals surface area (Å²) < 4.78 is 9.98. The zero-order valence-corrected chi connectivity index (χ0v) is 10.7. The van der Waals surface area contributed by atoms with E-state index in [0.717, 1.165) is 0 Å². The molecule has 0 aliphatic rings. The maximum atomic E-state index is 11.2. The van der Waals surface area contributed by atoms with Gasteiger partial charge in [-0.1, -0.05) is 12.1 Å². The maximum Gasteiger partial charge on any atom is 0.333 e. The van der Waals surface area contributed by atoms with E-state index in [1.165, 1.54) is 14.0 Å². The average Bonchev–Trinajstić information content (AvgIpc) is 2.38. The van der Waals surface area contributed by atoms with Crippen LogP contribution in [0.4, 0.5) is 0 Å². The van der Waals surface area contributed by atoms with E-state index in [4.69, 9.17) is 4.74 Å². The number of hydrogen-bond acceptors (Lipinski definition) is 4. The molecule has 0 unspecified atom stereocenters. The first-order chi connectivity index (χ1) is 8.54. The second kappa shape index (κ2) is 6.59. The summed E-state index contributed by atoms with van der Waals surface area (Å²) in [4.78, 5) is 22.3. The van der Waals surface area contributed by atoms with Gasteiger partial charge in [-0.25, -0.2) is 4.79 Å². The van der Waals surface area contributed by atoms with E-state index in [-0.39, 0.29) is 18.4 Å². The summed E-state index contributed by atoms with van der Waals surface area (Å²) in [6.07, 6.45) is 1.63. The van der Waals surface area contributed by atoms with Crippen molar-refractivity contribution in [2.75, 3.05) is 13.7 Å². The van der Waals surface area contributed by atoms with Gasteiger partial charge in [-0.15, -0.1) is 0 Å². The summed E-state index contributed by atoms with van der Waals surface area (Å²) in [5.41, 5.74) is 1.08. The smallest absolute Gasteiger partial charge is 0.333 e. The van der Waals surface area contributed by atoms with E-state index < -0.39 is 0 Å². The average molecular weight is 248 g/mol. The molecule has 1 aromatic rings. The second-order valence-electron chi connectivity index (χ2n) is 3.77. The van der Waals surface area contributed by atoms with Crippen molar-refractivity contribution >= 4 is 11.8 Å².